The van der Waals surface area contributed by atoms with Gasteiger partial charge in [-0.1, -0.05) is 25.4 Å². The quantitative estimate of drug-likeness (QED) is 0.446. The maximum Gasteiger partial charge on any atom is 0.225 e. The van der Waals surface area contributed by atoms with Crippen LogP contribution in [-0.2, 0) is 25.5 Å². The number of ether oxygens (including phenoxy) is 2. The minimum Gasteiger partial charge on any atom is -0.381 e. The molecule has 5 rings (SSSR count). The predicted molar refractivity (Wildman–Crippen MR) is 148 cm³/mol. The molecule has 1 unspecified atom stereocenters. The Morgan fingerprint density at radius 1 is 1.26 bits per heavy atom. The number of morpholine rings is 1. The number of carbonyl (C=O) groups is 2. The predicted octanol–water partition coefficient (Wildman–Crippen LogP) is 4.14. The van der Waals surface area contributed by atoms with Gasteiger partial charge in [0.15, 0.2) is 5.78 Å². The summed E-state index contributed by atoms with van der Waals surface area (Å²) in [5, 5.41) is 5.85. The minimum atomic E-state index is -0.420. The number of amides is 1. The fourth-order valence-corrected chi connectivity index (χ4v) is 5.83. The first-order valence-corrected chi connectivity index (χ1v) is 13.8. The number of aromatic nitrogens is 2. The van der Waals surface area contributed by atoms with Crippen molar-refractivity contribution >= 4 is 45.1 Å². The lowest BCUT2D eigenvalue weighted by Crippen LogP contribution is -2.61. The van der Waals surface area contributed by atoms with Gasteiger partial charge in [-0.25, -0.2) is 0 Å². The third kappa shape index (κ3) is 5.73. The smallest absolute Gasteiger partial charge is 0.225 e. The topological polar surface area (TPSA) is 96.5 Å². The lowest BCUT2D eigenvalue weighted by molar-refractivity contribution is -0.146. The van der Waals surface area contributed by atoms with Crippen LogP contribution in [0.4, 0.5) is 0 Å². The van der Waals surface area contributed by atoms with Gasteiger partial charge in [-0.3, -0.25) is 19.5 Å². The van der Waals surface area contributed by atoms with E-state index in [0.717, 1.165) is 33.8 Å². The molecule has 2 aromatic heterocycles. The van der Waals surface area contributed by atoms with Crippen LogP contribution in [0.2, 0.25) is 5.02 Å². The lowest BCUT2D eigenvalue weighted by atomic mass is 9.94. The van der Waals surface area contributed by atoms with Gasteiger partial charge in [0, 0.05) is 54.2 Å². The van der Waals surface area contributed by atoms with Crippen molar-refractivity contribution in [3.8, 4) is 0 Å². The number of hydrogen-bond acceptors (Lipinski definition) is 6. The number of fused-ring (bicyclic) bond motifs is 3. The van der Waals surface area contributed by atoms with Crippen LogP contribution in [0.1, 0.15) is 39.7 Å². The second-order valence-electron chi connectivity index (χ2n) is 11.6. The molecule has 9 heteroatoms. The van der Waals surface area contributed by atoms with Crippen LogP contribution >= 0.6 is 11.6 Å². The van der Waals surface area contributed by atoms with E-state index in [0.29, 0.717) is 37.9 Å². The number of carbonyl (C=O) groups excluding carboxylic acids is 2. The first kappa shape index (κ1) is 27.1. The summed E-state index contributed by atoms with van der Waals surface area (Å²) in [7, 11) is 0. The van der Waals surface area contributed by atoms with Crippen molar-refractivity contribution in [3.63, 3.8) is 0 Å². The van der Waals surface area contributed by atoms with Gasteiger partial charge in [0.1, 0.15) is 0 Å². The molecule has 1 amide bonds. The first-order chi connectivity index (χ1) is 18.1. The Kier molecular flexibility index (Phi) is 7.78. The third-order valence-corrected chi connectivity index (χ3v) is 8.03. The van der Waals surface area contributed by atoms with Crippen molar-refractivity contribution < 1.29 is 19.1 Å². The molecule has 0 bridgehead atoms. The van der Waals surface area contributed by atoms with Gasteiger partial charge >= 0.3 is 0 Å². The third-order valence-electron chi connectivity index (χ3n) is 7.81. The zero-order chi connectivity index (χ0) is 27.0. The summed E-state index contributed by atoms with van der Waals surface area (Å²) in [5.74, 6) is 0.201. The normalized spacial score (nSPS) is 22.8. The Morgan fingerprint density at radius 3 is 2.82 bits per heavy atom. The van der Waals surface area contributed by atoms with Crippen molar-refractivity contribution in [3.05, 3.63) is 41.2 Å². The van der Waals surface area contributed by atoms with Gasteiger partial charge in [-0.05, 0) is 49.9 Å². The summed E-state index contributed by atoms with van der Waals surface area (Å²) in [6.45, 7) is 10.9. The molecule has 2 aliphatic heterocycles. The molecule has 38 heavy (non-hydrogen) atoms. The zero-order valence-electron chi connectivity index (χ0n) is 22.6. The number of nitrogens with zero attached hydrogens (tertiary/aromatic N) is 2. The van der Waals surface area contributed by atoms with Crippen LogP contribution in [0.3, 0.4) is 0 Å². The second-order valence-corrected chi connectivity index (χ2v) is 12.0. The largest absolute Gasteiger partial charge is 0.381 e. The highest BCUT2D eigenvalue weighted by atomic mass is 35.5. The molecule has 2 saturated heterocycles. The molecule has 2 fully saturated rings. The maximum atomic E-state index is 13.8. The molecule has 2 aliphatic rings. The Balaban J connectivity index is 1.38. The molecule has 0 spiro atoms. The number of Topliss-reactive ketones (excluding diaryl/α,β-unsaturated/α-hetero) is 1. The molecule has 8 nitrogen and oxygen atoms in total. The van der Waals surface area contributed by atoms with E-state index in [4.69, 9.17) is 21.1 Å². The van der Waals surface area contributed by atoms with Crippen LogP contribution in [0.15, 0.2) is 30.6 Å². The highest BCUT2D eigenvalue weighted by Gasteiger charge is 2.39. The average molecular weight is 541 g/mol. The number of benzene rings is 1. The van der Waals surface area contributed by atoms with Gasteiger partial charge in [0.25, 0.3) is 0 Å². The monoisotopic (exact) mass is 540 g/mol. The highest BCUT2D eigenvalue weighted by molar-refractivity contribution is 6.32. The first-order valence-electron chi connectivity index (χ1n) is 13.4. The van der Waals surface area contributed by atoms with Crippen molar-refractivity contribution in [1.82, 2.24) is 20.2 Å². The molecule has 0 radical (unpaired) electrons. The van der Waals surface area contributed by atoms with Crippen molar-refractivity contribution in [2.45, 2.75) is 58.2 Å². The van der Waals surface area contributed by atoms with Gasteiger partial charge < -0.3 is 19.8 Å². The summed E-state index contributed by atoms with van der Waals surface area (Å²) in [5.41, 5.74) is 2.27. The molecule has 1 aromatic carbocycles. The van der Waals surface area contributed by atoms with Gasteiger partial charge in [-0.2, -0.15) is 0 Å². The number of rotatable bonds is 8. The van der Waals surface area contributed by atoms with Crippen LogP contribution in [0.25, 0.3) is 21.8 Å². The minimum absolute atomic E-state index is 0.0335. The van der Waals surface area contributed by atoms with Crippen LogP contribution in [-0.4, -0.2) is 77.2 Å². The molecular weight excluding hydrogens is 504 g/mol. The Hall–Kier alpha value is -2.52. The fourth-order valence-electron chi connectivity index (χ4n) is 5.59. The van der Waals surface area contributed by atoms with E-state index in [2.05, 4.69) is 34.0 Å². The fraction of sp³-hybridized carbons (Fsp3) is 0.552. The van der Waals surface area contributed by atoms with Crippen molar-refractivity contribution in [1.29, 1.82) is 0 Å². The standard InChI is InChI=1S/C29H37ClN4O4/c1-17(2)24(33-28(36)18-6-8-37-14-18)13-34-16-29(3,4)38-15-25(34)26(35)10-19-9-20(30)11-22-21-5-7-31-12-23(21)32-27(19)22/h5,7,9,11-12,17-18,24-25,32H,6,8,10,13-16H2,1-4H3,(H,33,36)/t18?,24-,25+/m1/s1. The Morgan fingerprint density at radius 2 is 2.08 bits per heavy atom. The number of hydrogen-bond donors (Lipinski definition) is 2. The molecule has 0 aliphatic carbocycles. The summed E-state index contributed by atoms with van der Waals surface area (Å²) in [4.78, 5) is 36.6. The van der Waals surface area contributed by atoms with Crippen molar-refractivity contribution in [2.75, 3.05) is 32.9 Å². The second kappa shape index (κ2) is 10.9. The summed E-state index contributed by atoms with van der Waals surface area (Å²) in [6.07, 6.45) is 4.51. The van der Waals surface area contributed by atoms with Gasteiger partial charge in [0.2, 0.25) is 5.91 Å². The van der Waals surface area contributed by atoms with E-state index in [1.807, 2.05) is 32.0 Å². The number of aromatic amines is 1. The lowest BCUT2D eigenvalue weighted by Gasteiger charge is -2.45. The molecule has 204 valence electrons. The van der Waals surface area contributed by atoms with Gasteiger partial charge in [-0.15, -0.1) is 0 Å². The number of nitrogens with one attached hydrogen (secondary N) is 2. The van der Waals surface area contributed by atoms with E-state index >= 15 is 0 Å². The maximum absolute atomic E-state index is 13.8. The van der Waals surface area contributed by atoms with E-state index in [-0.39, 0.29) is 36.0 Å². The van der Waals surface area contributed by atoms with E-state index in [1.54, 1.807) is 12.4 Å². The van der Waals surface area contributed by atoms with E-state index in [9.17, 15) is 9.59 Å². The Labute approximate surface area is 228 Å². The molecule has 3 atom stereocenters. The molecular formula is C29H37ClN4O4. The average Bonchev–Trinajstić information content (AvgIpc) is 3.52. The number of pyridine rings is 1. The molecule has 0 saturated carbocycles. The molecule has 2 N–H and O–H groups in total. The van der Waals surface area contributed by atoms with Crippen molar-refractivity contribution in [2.24, 2.45) is 11.8 Å². The number of ketones is 1. The number of halogens is 1. The number of H-pyrrole nitrogens is 1. The van der Waals surface area contributed by atoms with Crippen LogP contribution in [0, 0.1) is 11.8 Å². The van der Waals surface area contributed by atoms with Gasteiger partial charge in [0.05, 0.1) is 48.0 Å². The van der Waals surface area contributed by atoms with Crippen LogP contribution < -0.4 is 5.32 Å². The van der Waals surface area contributed by atoms with Crippen LogP contribution in [0.5, 0.6) is 0 Å². The molecule has 3 aromatic rings. The zero-order valence-corrected chi connectivity index (χ0v) is 23.3. The highest BCUT2D eigenvalue weighted by Crippen LogP contribution is 2.31. The molecule has 4 heterocycles. The Bertz CT molecular complexity index is 1330. The summed E-state index contributed by atoms with van der Waals surface area (Å²) < 4.78 is 11.5. The SMILES string of the molecule is CC(C)[C@@H](CN1CC(C)(C)OC[C@H]1C(=O)Cc1cc(Cl)cc2c1[nH]c1cnccc12)NC(=O)C1CCOC1. The summed E-state index contributed by atoms with van der Waals surface area (Å²) >= 11 is 6.50. The van der Waals surface area contributed by atoms with E-state index < -0.39 is 11.6 Å². The van der Waals surface area contributed by atoms with E-state index in [1.165, 1.54) is 0 Å². The summed E-state index contributed by atoms with van der Waals surface area (Å²) in [6, 6.07) is 5.23.